The van der Waals surface area contributed by atoms with Gasteiger partial charge in [-0.1, -0.05) is 15.9 Å². The number of alkyl halides is 3. The van der Waals surface area contributed by atoms with Gasteiger partial charge in [0.05, 0.1) is 18.2 Å². The van der Waals surface area contributed by atoms with Crippen molar-refractivity contribution < 1.29 is 22.7 Å². The highest BCUT2D eigenvalue weighted by atomic mass is 79.9. The second-order valence-corrected chi connectivity index (χ2v) is 4.14. The van der Waals surface area contributed by atoms with Crippen LogP contribution in [0.2, 0.25) is 0 Å². The van der Waals surface area contributed by atoms with Crippen LogP contribution in [-0.2, 0) is 15.7 Å². The van der Waals surface area contributed by atoms with Crippen LogP contribution in [0.15, 0.2) is 22.7 Å². The molecule has 0 radical (unpaired) electrons. The number of carbonyl (C=O) groups is 1. The van der Waals surface area contributed by atoms with Crippen molar-refractivity contribution in [3.05, 3.63) is 45.2 Å². The number of hydrogen-bond donors (Lipinski definition) is 0. The zero-order valence-corrected chi connectivity index (χ0v) is 10.7. The third-order valence-electron chi connectivity index (χ3n) is 2.17. The summed E-state index contributed by atoms with van der Waals surface area (Å²) in [6.07, 6.45) is -4.53. The molecule has 0 amide bonds. The van der Waals surface area contributed by atoms with Crippen LogP contribution in [-0.4, -0.2) is 13.1 Å². The average Bonchev–Trinajstić information content (AvgIpc) is 2.30. The molecule has 3 nitrogen and oxygen atoms in total. The van der Waals surface area contributed by atoms with Gasteiger partial charge in [0.15, 0.2) is 0 Å². The minimum absolute atomic E-state index is 0.0633. The lowest BCUT2D eigenvalue weighted by molar-refractivity contribution is -0.142. The second-order valence-electron chi connectivity index (χ2n) is 3.29. The molecule has 0 aliphatic heterocycles. The topological polar surface area (TPSA) is 30.7 Å². The quantitative estimate of drug-likeness (QED) is 0.615. The Morgan fingerprint density at radius 2 is 2.11 bits per heavy atom. The predicted molar refractivity (Wildman–Crippen MR) is 60.5 cm³/mol. The molecule has 0 fully saturated rings. The van der Waals surface area contributed by atoms with Gasteiger partial charge in [-0.05, 0) is 18.2 Å². The molecule has 0 heterocycles. The first kappa shape index (κ1) is 14.5. The maximum absolute atomic E-state index is 12.5. The van der Waals surface area contributed by atoms with E-state index in [-0.39, 0.29) is 10.0 Å². The summed E-state index contributed by atoms with van der Waals surface area (Å²) >= 11 is 3.02. The Balaban J connectivity index is 3.31. The molecule has 0 saturated heterocycles. The lowest BCUT2D eigenvalue weighted by Gasteiger charge is -2.11. The van der Waals surface area contributed by atoms with E-state index in [0.29, 0.717) is 0 Å². The lowest BCUT2D eigenvalue weighted by atomic mass is 10.0. The smallest absolute Gasteiger partial charge is 0.416 e. The number of methoxy groups -OCH3 is 1. The highest BCUT2D eigenvalue weighted by Crippen LogP contribution is 2.35. The first-order chi connectivity index (χ1) is 8.31. The SMILES string of the molecule is [C-]#[N+]C(C(=O)OC)c1cc(C(F)(F)F)ccc1Br. The van der Waals surface area contributed by atoms with E-state index in [9.17, 15) is 18.0 Å². The summed E-state index contributed by atoms with van der Waals surface area (Å²) < 4.78 is 42.3. The number of hydrogen-bond acceptors (Lipinski definition) is 2. The maximum Gasteiger partial charge on any atom is 0.416 e. The van der Waals surface area contributed by atoms with Crippen LogP contribution in [0.4, 0.5) is 13.2 Å². The number of esters is 1. The first-order valence-electron chi connectivity index (χ1n) is 4.62. The molecule has 1 aromatic rings. The summed E-state index contributed by atoms with van der Waals surface area (Å²) in [5, 5.41) is 0. The minimum atomic E-state index is -4.53. The number of carbonyl (C=O) groups excluding carboxylic acids is 1. The van der Waals surface area contributed by atoms with E-state index >= 15 is 0 Å². The highest BCUT2D eigenvalue weighted by molar-refractivity contribution is 9.10. The average molecular weight is 322 g/mol. The number of halogens is 4. The molecule has 1 unspecified atom stereocenters. The Bertz CT molecular complexity index is 508. The molecule has 96 valence electrons. The molecule has 0 aliphatic rings. The number of ether oxygens (including phenoxy) is 1. The van der Waals surface area contributed by atoms with Gasteiger partial charge in [0.1, 0.15) is 0 Å². The summed E-state index contributed by atoms with van der Waals surface area (Å²) in [5.41, 5.74) is -0.982. The van der Waals surface area contributed by atoms with Crippen molar-refractivity contribution in [1.82, 2.24) is 0 Å². The Labute approximate surface area is 109 Å². The standard InChI is InChI=1S/C11H7BrF3NO2/c1-16-9(10(17)18-2)7-5-6(11(13,14)15)3-4-8(7)12/h3-5,9H,2H3. The van der Waals surface area contributed by atoms with Gasteiger partial charge < -0.3 is 4.74 Å². The van der Waals surface area contributed by atoms with Crippen molar-refractivity contribution in [1.29, 1.82) is 0 Å². The number of nitrogens with zero attached hydrogens (tertiary/aromatic N) is 1. The molecule has 0 aliphatic carbocycles. The first-order valence-corrected chi connectivity index (χ1v) is 5.41. The fourth-order valence-corrected chi connectivity index (χ4v) is 1.75. The minimum Gasteiger partial charge on any atom is -0.463 e. The largest absolute Gasteiger partial charge is 0.463 e. The van der Waals surface area contributed by atoms with Crippen LogP contribution in [0, 0.1) is 6.57 Å². The molecule has 1 aromatic carbocycles. The van der Waals surface area contributed by atoms with Crippen LogP contribution in [0.1, 0.15) is 17.2 Å². The molecule has 0 aromatic heterocycles. The van der Waals surface area contributed by atoms with E-state index in [4.69, 9.17) is 6.57 Å². The van der Waals surface area contributed by atoms with Crippen molar-refractivity contribution in [3.63, 3.8) is 0 Å². The summed E-state index contributed by atoms with van der Waals surface area (Å²) in [6, 6.07) is 1.38. The van der Waals surface area contributed by atoms with Crippen LogP contribution in [0.3, 0.4) is 0 Å². The molecule has 0 N–H and O–H groups in total. The van der Waals surface area contributed by atoms with E-state index < -0.39 is 23.8 Å². The van der Waals surface area contributed by atoms with E-state index in [1.807, 2.05) is 0 Å². The number of rotatable bonds is 2. The van der Waals surface area contributed by atoms with E-state index in [1.165, 1.54) is 0 Å². The molecular weight excluding hydrogens is 315 g/mol. The summed E-state index contributed by atoms with van der Waals surface area (Å²) in [7, 11) is 1.07. The van der Waals surface area contributed by atoms with Crippen LogP contribution < -0.4 is 0 Å². The maximum atomic E-state index is 12.5. The molecule has 0 saturated carbocycles. The van der Waals surface area contributed by atoms with E-state index in [2.05, 4.69) is 25.5 Å². The molecule has 7 heteroatoms. The van der Waals surface area contributed by atoms with Gasteiger partial charge in [-0.2, -0.15) is 13.2 Å². The zero-order chi connectivity index (χ0) is 13.9. The molecular formula is C11H7BrF3NO2. The highest BCUT2D eigenvalue weighted by Gasteiger charge is 2.35. The van der Waals surface area contributed by atoms with Gasteiger partial charge in [-0.3, -0.25) is 4.85 Å². The third-order valence-corrected chi connectivity index (χ3v) is 2.89. The monoisotopic (exact) mass is 321 g/mol. The van der Waals surface area contributed by atoms with Gasteiger partial charge in [0.25, 0.3) is 0 Å². The van der Waals surface area contributed by atoms with Gasteiger partial charge in [-0.25, -0.2) is 11.4 Å². The summed E-state index contributed by atoms with van der Waals surface area (Å²) in [5.74, 6) is -0.898. The van der Waals surface area contributed by atoms with Crippen molar-refractivity contribution in [3.8, 4) is 0 Å². The van der Waals surface area contributed by atoms with Gasteiger partial charge in [0, 0.05) is 4.47 Å². The number of benzene rings is 1. The molecule has 1 atom stereocenters. The fraction of sp³-hybridized carbons (Fsp3) is 0.273. The molecule has 0 bridgehead atoms. The molecule has 1 rings (SSSR count). The fourth-order valence-electron chi connectivity index (χ4n) is 1.29. The molecule has 18 heavy (non-hydrogen) atoms. The second kappa shape index (κ2) is 5.40. The van der Waals surface area contributed by atoms with E-state index in [0.717, 1.165) is 25.3 Å². The van der Waals surface area contributed by atoms with E-state index in [1.54, 1.807) is 0 Å². The Hall–Kier alpha value is -1.55. The Morgan fingerprint density at radius 1 is 1.50 bits per heavy atom. The molecule has 0 spiro atoms. The van der Waals surface area contributed by atoms with Crippen molar-refractivity contribution >= 4 is 21.9 Å². The van der Waals surface area contributed by atoms with Crippen LogP contribution >= 0.6 is 15.9 Å². The predicted octanol–water partition coefficient (Wildman–Crippen LogP) is 3.60. The van der Waals surface area contributed by atoms with Gasteiger partial charge >= 0.3 is 18.2 Å². The Kier molecular flexibility index (Phi) is 4.35. The summed E-state index contributed by atoms with van der Waals surface area (Å²) in [4.78, 5) is 14.3. The van der Waals surface area contributed by atoms with Crippen molar-refractivity contribution in [2.45, 2.75) is 12.2 Å². The Morgan fingerprint density at radius 3 is 2.56 bits per heavy atom. The lowest BCUT2D eigenvalue weighted by Crippen LogP contribution is -2.13. The van der Waals surface area contributed by atoms with Crippen LogP contribution in [0.25, 0.3) is 4.85 Å². The van der Waals surface area contributed by atoms with Crippen molar-refractivity contribution in [2.75, 3.05) is 7.11 Å². The normalized spacial score (nSPS) is 12.7. The van der Waals surface area contributed by atoms with Crippen molar-refractivity contribution in [2.24, 2.45) is 0 Å². The van der Waals surface area contributed by atoms with Gasteiger partial charge in [-0.15, -0.1) is 0 Å². The third kappa shape index (κ3) is 3.01. The van der Waals surface area contributed by atoms with Gasteiger partial charge in [0.2, 0.25) is 0 Å². The van der Waals surface area contributed by atoms with Crippen LogP contribution in [0.5, 0.6) is 0 Å². The summed E-state index contributed by atoms with van der Waals surface area (Å²) in [6.45, 7) is 6.88. The zero-order valence-electron chi connectivity index (χ0n) is 9.08.